The number of aliphatic hydroxyl groups excluding tert-OH is 1. The zero-order valence-corrected chi connectivity index (χ0v) is 57.1. The fourth-order valence-electron chi connectivity index (χ4n) is 9.22. The highest BCUT2D eigenvalue weighted by Crippen LogP contribution is 2.41. The second kappa shape index (κ2) is 32.0. The molecule has 0 bridgehead atoms. The summed E-state index contributed by atoms with van der Waals surface area (Å²) in [6, 6.07) is 7.11. The molecule has 524 valence electrons. The summed E-state index contributed by atoms with van der Waals surface area (Å²) < 4.78 is 97.6. The number of hydrogen-bond acceptors (Lipinski definition) is 28. The van der Waals surface area contributed by atoms with Gasteiger partial charge in [-0.2, -0.15) is 0 Å². The highest BCUT2D eigenvalue weighted by Gasteiger charge is 2.62. The molecule has 0 radical (unpaired) electrons. The van der Waals surface area contributed by atoms with Gasteiger partial charge in [0.25, 0.3) is 5.79 Å². The first-order valence-corrected chi connectivity index (χ1v) is 30.3. The number of hydrogen-bond donors (Lipinski definition) is 2. The lowest BCUT2D eigenvalue weighted by Crippen LogP contribution is -2.70. The molecular weight excluding hydrogens is 1230 g/mol. The zero-order valence-electron chi connectivity index (χ0n) is 57.1. The van der Waals surface area contributed by atoms with Crippen molar-refractivity contribution in [2.75, 3.05) is 26.9 Å². The summed E-state index contributed by atoms with van der Waals surface area (Å²) in [5, 5.41) is 15.3. The zero-order chi connectivity index (χ0) is 70.7. The van der Waals surface area contributed by atoms with Gasteiger partial charge in [-0.25, -0.2) is 4.79 Å². The molecular formula is C64H95NO28. The van der Waals surface area contributed by atoms with Gasteiger partial charge >= 0.3 is 59.7 Å². The summed E-state index contributed by atoms with van der Waals surface area (Å²) in [5.41, 5.74) is -5.80. The van der Waals surface area contributed by atoms with Crippen LogP contribution in [0.2, 0.25) is 0 Å². The SMILES string of the molecule is COC(=O)[C@@]1(OC[C@H]2O[C@@H](O[C@H]3[C@H](OC(=O)C(C)(C)C)[C@@H](OC(=O)C(C)(C)C)[C@H](OCc4ccccc4)O[C@@H]3COC(=O)C(C)(C)C)[C@H](OC(=O)C(C)(C)C)[C@@H](OC(=O)C(C)(C)C)[C@H]2O)C[C@H](OC(C)=O)[C@@H](NC(C)=O)[C@H]([C@H](OC(C)=O)[C@@H](COC(C)=O)OC(C)=O)O1. The predicted octanol–water partition coefficient (Wildman–Crippen LogP) is 4.36. The van der Waals surface area contributed by atoms with Gasteiger partial charge in [-0.05, 0) is 109 Å². The third kappa shape index (κ3) is 22.4. The van der Waals surface area contributed by atoms with Crippen LogP contribution in [0.5, 0.6) is 0 Å². The van der Waals surface area contributed by atoms with Gasteiger partial charge in [0, 0.05) is 34.6 Å². The maximum atomic E-state index is 14.6. The minimum atomic E-state index is -2.94. The van der Waals surface area contributed by atoms with E-state index in [2.05, 4.69) is 5.32 Å². The molecule has 2 N–H and O–H groups in total. The van der Waals surface area contributed by atoms with E-state index in [1.165, 1.54) is 62.3 Å². The van der Waals surface area contributed by atoms with Crippen LogP contribution in [0.1, 0.15) is 150 Å². The Hall–Kier alpha value is -6.89. The average molecular weight is 1330 g/mol. The van der Waals surface area contributed by atoms with Crippen LogP contribution in [0.4, 0.5) is 0 Å². The van der Waals surface area contributed by atoms with Crippen LogP contribution >= 0.6 is 0 Å². The molecule has 93 heavy (non-hydrogen) atoms. The van der Waals surface area contributed by atoms with Gasteiger partial charge in [-0.3, -0.25) is 47.9 Å². The van der Waals surface area contributed by atoms with E-state index in [0.29, 0.717) is 5.56 Å². The van der Waals surface area contributed by atoms with Crippen molar-refractivity contribution in [3.63, 3.8) is 0 Å². The van der Waals surface area contributed by atoms with Crippen LogP contribution in [0.25, 0.3) is 0 Å². The molecule has 1 amide bonds. The molecule has 3 aliphatic heterocycles. The Labute approximate surface area is 542 Å². The Kier molecular flexibility index (Phi) is 27.1. The standard InChI is InChI=1S/C64H95NO28/c1-32(66)65-42-38(83-34(3)68)27-64(58(77)78-21,93-46(42)44(85-36(5)70)40(84-35(4)69)29-79-33(2)67)82-31-39-43(71)47(89-54(73)60(9,10)11)49(91-56(75)62(15,16)17)52(86-39)88-45-41(30-81-53(72)59(6,7)8)87-51(80-28-37-25-23-22-24-26-37)50(92-57(76)63(18,19)20)48(45)90-55(74)61(12,13)14/h22-26,38-52,71H,27-31H2,1-21H3,(H,65,66)/t38-,39+,40+,41+,42+,43-,44+,45+,46+,47-,48-,49+,50+,51+,52-,64+/m0/s1. The topological polar surface area (TPSA) is 368 Å². The van der Waals surface area contributed by atoms with E-state index in [4.69, 9.17) is 75.8 Å². The Morgan fingerprint density at radius 2 is 1.04 bits per heavy atom. The normalized spacial score (nSPS) is 27.5. The Morgan fingerprint density at radius 3 is 1.51 bits per heavy atom. The summed E-state index contributed by atoms with van der Waals surface area (Å²) in [4.78, 5) is 150. The van der Waals surface area contributed by atoms with E-state index in [1.54, 1.807) is 71.9 Å². The van der Waals surface area contributed by atoms with Crippen LogP contribution in [0.15, 0.2) is 30.3 Å². The first-order valence-electron chi connectivity index (χ1n) is 30.3. The van der Waals surface area contributed by atoms with Gasteiger partial charge in [0.2, 0.25) is 5.91 Å². The number of carbonyl (C=O) groups excluding carboxylic acids is 11. The van der Waals surface area contributed by atoms with Gasteiger partial charge in [-0.15, -0.1) is 0 Å². The lowest BCUT2D eigenvalue weighted by molar-refractivity contribution is -0.370. The lowest BCUT2D eigenvalue weighted by Gasteiger charge is -2.50. The largest absolute Gasteiger partial charge is 0.465 e. The van der Waals surface area contributed by atoms with Crippen molar-refractivity contribution in [2.24, 2.45) is 27.1 Å². The summed E-state index contributed by atoms with van der Waals surface area (Å²) in [6.45, 7) is 25.0. The third-order valence-corrected chi connectivity index (χ3v) is 14.1. The predicted molar refractivity (Wildman–Crippen MR) is 318 cm³/mol. The smallest absolute Gasteiger partial charge is 0.366 e. The molecule has 0 aliphatic carbocycles. The highest BCUT2D eigenvalue weighted by molar-refractivity contribution is 5.80. The number of esters is 10. The van der Waals surface area contributed by atoms with Gasteiger partial charge in [-0.1, -0.05) is 30.3 Å². The molecule has 0 unspecified atom stereocenters. The molecule has 3 saturated heterocycles. The van der Waals surface area contributed by atoms with Crippen molar-refractivity contribution >= 4 is 65.6 Å². The van der Waals surface area contributed by atoms with Crippen molar-refractivity contribution in [2.45, 2.75) is 249 Å². The van der Waals surface area contributed by atoms with Crippen molar-refractivity contribution in [3.05, 3.63) is 35.9 Å². The molecule has 4 rings (SSSR count). The molecule has 3 heterocycles. The minimum Gasteiger partial charge on any atom is -0.465 e. The number of aliphatic hydroxyl groups is 1. The van der Waals surface area contributed by atoms with E-state index in [1.807, 2.05) is 0 Å². The molecule has 1 aromatic carbocycles. The fraction of sp³-hybridized carbons (Fsp3) is 0.734. The number of carbonyl (C=O) groups is 11. The Bertz CT molecular complexity index is 2810. The number of rotatable bonds is 23. The van der Waals surface area contributed by atoms with Crippen LogP contribution in [-0.4, -0.2) is 195 Å². The molecule has 29 nitrogen and oxygen atoms in total. The monoisotopic (exact) mass is 1330 g/mol. The second-order valence-electron chi connectivity index (χ2n) is 28.0. The summed E-state index contributed by atoms with van der Waals surface area (Å²) in [5.74, 6) is -13.6. The highest BCUT2D eigenvalue weighted by atomic mass is 16.8. The summed E-state index contributed by atoms with van der Waals surface area (Å²) >= 11 is 0. The molecule has 0 aromatic heterocycles. The summed E-state index contributed by atoms with van der Waals surface area (Å²) in [7, 11) is 0.901. The van der Waals surface area contributed by atoms with Gasteiger partial charge in [0.05, 0.1) is 59.9 Å². The minimum absolute atomic E-state index is 0.190. The fourth-order valence-corrected chi connectivity index (χ4v) is 9.22. The van der Waals surface area contributed by atoms with Crippen LogP contribution in [0.3, 0.4) is 0 Å². The van der Waals surface area contributed by atoms with E-state index < -0.39 is 217 Å². The van der Waals surface area contributed by atoms with E-state index in [9.17, 15) is 57.8 Å². The summed E-state index contributed by atoms with van der Waals surface area (Å²) in [6.07, 6.45) is -27.7. The van der Waals surface area contributed by atoms with E-state index >= 15 is 0 Å². The van der Waals surface area contributed by atoms with Crippen LogP contribution in [-0.2, 0) is 135 Å². The van der Waals surface area contributed by atoms with Gasteiger partial charge in [0.1, 0.15) is 49.8 Å². The quantitative estimate of drug-likeness (QED) is 0.113. The Morgan fingerprint density at radius 1 is 0.559 bits per heavy atom. The van der Waals surface area contributed by atoms with Crippen molar-refractivity contribution in [3.8, 4) is 0 Å². The molecule has 1 aromatic rings. The number of methoxy groups -OCH3 is 1. The van der Waals surface area contributed by atoms with Crippen molar-refractivity contribution in [1.82, 2.24) is 5.32 Å². The number of ether oxygens (including phenoxy) is 16. The van der Waals surface area contributed by atoms with Gasteiger partial charge in [0.15, 0.2) is 49.2 Å². The lowest BCUT2D eigenvalue weighted by atomic mass is 9.87. The first kappa shape index (κ1) is 78.6. The number of amides is 1. The first-order chi connectivity index (χ1) is 42.7. The van der Waals surface area contributed by atoms with Crippen molar-refractivity contribution in [1.29, 1.82) is 0 Å². The molecule has 16 atom stereocenters. The Balaban J connectivity index is 2.11. The molecule has 3 aliphatic rings. The van der Waals surface area contributed by atoms with E-state index in [-0.39, 0.29) is 6.61 Å². The van der Waals surface area contributed by atoms with Crippen LogP contribution < -0.4 is 5.32 Å². The number of benzene rings is 1. The van der Waals surface area contributed by atoms with Crippen molar-refractivity contribution < 1.29 is 134 Å². The number of nitrogens with one attached hydrogen (secondary N) is 1. The molecule has 3 fully saturated rings. The maximum absolute atomic E-state index is 14.6. The average Bonchev–Trinajstić information content (AvgIpc) is 0.765. The van der Waals surface area contributed by atoms with E-state index in [0.717, 1.165) is 41.7 Å². The third-order valence-electron chi connectivity index (χ3n) is 14.1. The molecule has 0 saturated carbocycles. The maximum Gasteiger partial charge on any atom is 0.366 e. The molecule has 29 heteroatoms. The van der Waals surface area contributed by atoms with Gasteiger partial charge < -0.3 is 86.2 Å². The van der Waals surface area contributed by atoms with Crippen LogP contribution in [0, 0.1) is 27.1 Å². The molecule has 0 spiro atoms. The second-order valence-corrected chi connectivity index (χ2v) is 28.0.